The fourth-order valence-corrected chi connectivity index (χ4v) is 3.92. The van der Waals surface area contributed by atoms with Gasteiger partial charge in [0, 0.05) is 30.5 Å². The molecule has 1 aliphatic heterocycles. The van der Waals surface area contributed by atoms with Gasteiger partial charge in [-0.05, 0) is 24.3 Å². The molecule has 5 rings (SSSR count). The Balaban J connectivity index is 1.73. The van der Waals surface area contributed by atoms with Crippen LogP contribution < -0.4 is 15.8 Å². The van der Waals surface area contributed by atoms with E-state index in [9.17, 15) is 18.4 Å². The van der Waals surface area contributed by atoms with Crippen molar-refractivity contribution in [3.8, 4) is 16.9 Å². The average molecular weight is 442 g/mol. The van der Waals surface area contributed by atoms with Crippen molar-refractivity contribution >= 4 is 34.2 Å². The number of pyridine rings is 1. The number of nitrogens with zero attached hydrogens (tertiary/aromatic N) is 3. The Kier molecular flexibility index (Phi) is 4.48. The van der Waals surface area contributed by atoms with Crippen LogP contribution in [0.4, 0.5) is 19.3 Å². The van der Waals surface area contributed by atoms with Gasteiger partial charge < -0.3 is 10.3 Å². The van der Waals surface area contributed by atoms with Gasteiger partial charge in [0.2, 0.25) is 0 Å². The molecule has 2 aromatic carbocycles. The molecule has 1 fully saturated rings. The predicted molar refractivity (Wildman–Crippen MR) is 113 cm³/mol. The molecule has 31 heavy (non-hydrogen) atoms. The van der Waals surface area contributed by atoms with E-state index in [2.05, 4.69) is 15.4 Å². The maximum absolute atomic E-state index is 14.5. The summed E-state index contributed by atoms with van der Waals surface area (Å²) in [4.78, 5) is 28.6. The maximum atomic E-state index is 14.5. The Hall–Kier alpha value is -3.72. The molecule has 2 aromatic heterocycles. The number of anilines is 1. The summed E-state index contributed by atoms with van der Waals surface area (Å²) < 4.78 is 30.0. The zero-order valence-electron chi connectivity index (χ0n) is 15.8. The van der Waals surface area contributed by atoms with Gasteiger partial charge in [-0.25, -0.2) is 18.3 Å². The number of carbonyl (C=O) groups excluding carboxylic acids is 1. The van der Waals surface area contributed by atoms with Gasteiger partial charge in [-0.3, -0.25) is 9.69 Å². The second-order valence-corrected chi connectivity index (χ2v) is 7.36. The van der Waals surface area contributed by atoms with Crippen LogP contribution in [-0.2, 0) is 0 Å². The number of rotatable bonds is 3. The van der Waals surface area contributed by atoms with E-state index in [0.717, 1.165) is 16.8 Å². The smallest absolute Gasteiger partial charge is 0.321 e. The number of carbonyl (C=O) groups is 1. The molecule has 10 heteroatoms. The maximum Gasteiger partial charge on any atom is 0.321 e. The van der Waals surface area contributed by atoms with Crippen molar-refractivity contribution in [1.29, 1.82) is 0 Å². The lowest BCUT2D eigenvalue weighted by atomic mass is 10.1. The Morgan fingerprint density at radius 2 is 1.74 bits per heavy atom. The fraction of sp³-hybridized carbons (Fsp3) is 0.0952. The number of urea groups is 1. The Morgan fingerprint density at radius 3 is 2.39 bits per heavy atom. The van der Waals surface area contributed by atoms with Crippen molar-refractivity contribution in [2.24, 2.45) is 0 Å². The van der Waals surface area contributed by atoms with Gasteiger partial charge in [0.1, 0.15) is 16.9 Å². The number of aromatic amines is 1. The van der Waals surface area contributed by atoms with Gasteiger partial charge in [-0.2, -0.15) is 5.10 Å². The van der Waals surface area contributed by atoms with Gasteiger partial charge in [-0.15, -0.1) is 0 Å². The minimum absolute atomic E-state index is 0.0846. The van der Waals surface area contributed by atoms with Crippen LogP contribution in [0.1, 0.15) is 0 Å². The molecule has 7 nitrogen and oxygen atoms in total. The number of nitrogens with one attached hydrogen (secondary N) is 2. The van der Waals surface area contributed by atoms with Gasteiger partial charge in [0.25, 0.3) is 5.56 Å². The van der Waals surface area contributed by atoms with Gasteiger partial charge in [0.15, 0.2) is 11.6 Å². The van der Waals surface area contributed by atoms with Crippen molar-refractivity contribution < 1.29 is 13.6 Å². The van der Waals surface area contributed by atoms with Crippen LogP contribution in [0.3, 0.4) is 0 Å². The summed E-state index contributed by atoms with van der Waals surface area (Å²) in [5, 5.41) is 7.26. The number of para-hydroxylation sites is 1. The number of amides is 2. The van der Waals surface area contributed by atoms with Crippen molar-refractivity contribution in [3.63, 3.8) is 0 Å². The van der Waals surface area contributed by atoms with Crippen molar-refractivity contribution in [2.45, 2.75) is 0 Å². The molecule has 2 amide bonds. The van der Waals surface area contributed by atoms with Crippen LogP contribution in [0.5, 0.6) is 0 Å². The second-order valence-electron chi connectivity index (χ2n) is 6.95. The predicted octanol–water partition coefficient (Wildman–Crippen LogP) is 3.84. The van der Waals surface area contributed by atoms with E-state index < -0.39 is 22.9 Å². The first-order valence-electron chi connectivity index (χ1n) is 9.36. The summed E-state index contributed by atoms with van der Waals surface area (Å²) in [5.74, 6) is -1.69. The number of hydrogen-bond acceptors (Lipinski definition) is 3. The number of halogens is 3. The second kappa shape index (κ2) is 7.21. The lowest BCUT2D eigenvalue weighted by molar-refractivity contribution is 0.252. The van der Waals surface area contributed by atoms with Crippen LogP contribution in [0, 0.1) is 11.6 Å². The normalized spacial score (nSPS) is 13.8. The highest BCUT2D eigenvalue weighted by Gasteiger charge is 2.24. The Morgan fingerprint density at radius 1 is 1.03 bits per heavy atom. The highest BCUT2D eigenvalue weighted by Crippen LogP contribution is 2.33. The molecule has 1 aliphatic rings. The summed E-state index contributed by atoms with van der Waals surface area (Å²) in [7, 11) is 0. The summed E-state index contributed by atoms with van der Waals surface area (Å²) in [5.41, 5.74) is 0.564. The fourth-order valence-electron chi connectivity index (χ4n) is 3.70. The van der Waals surface area contributed by atoms with Gasteiger partial charge in [-0.1, -0.05) is 29.8 Å². The summed E-state index contributed by atoms with van der Waals surface area (Å²) in [6.07, 6.45) is 1.25. The Bertz CT molecular complexity index is 1380. The highest BCUT2D eigenvalue weighted by atomic mass is 35.5. The summed E-state index contributed by atoms with van der Waals surface area (Å²) >= 11 is 6.29. The number of hydrogen-bond donors (Lipinski definition) is 2. The Labute approximate surface area is 178 Å². The third-order valence-electron chi connectivity index (χ3n) is 5.13. The van der Waals surface area contributed by atoms with Gasteiger partial charge >= 0.3 is 6.03 Å². The molecule has 0 aliphatic carbocycles. The van der Waals surface area contributed by atoms with Crippen LogP contribution in [-0.4, -0.2) is 33.9 Å². The summed E-state index contributed by atoms with van der Waals surface area (Å²) in [6, 6.07) is 10.0. The standard InChI is InChI=1S/C21H14ClF2N5O2/c22-13-10-26-20(30)16-17(11-4-6-12(7-5-11)28-9-8-25-21(28)31)27-29(18(13)16)19-14(23)2-1-3-15(19)24/h1-7,10H,8-9H2,(H,25,31)(H,26,30). The molecular formula is C21H14ClF2N5O2. The van der Waals surface area contributed by atoms with Crippen molar-refractivity contribution in [1.82, 2.24) is 20.1 Å². The SMILES string of the molecule is O=C1NCCN1c1ccc(-c2nn(-c3c(F)cccc3F)c3c(Cl)c[nH]c(=O)c23)cc1. The number of H-pyrrole nitrogens is 1. The molecular weight excluding hydrogens is 428 g/mol. The largest absolute Gasteiger partial charge is 0.336 e. The van der Waals surface area contributed by atoms with E-state index in [4.69, 9.17) is 11.6 Å². The van der Waals surface area contributed by atoms with E-state index in [0.29, 0.717) is 24.3 Å². The molecule has 156 valence electrons. The highest BCUT2D eigenvalue weighted by molar-refractivity contribution is 6.35. The number of fused-ring (bicyclic) bond motifs is 1. The monoisotopic (exact) mass is 441 g/mol. The van der Waals surface area contributed by atoms with E-state index in [1.807, 2.05) is 0 Å². The van der Waals surface area contributed by atoms with Crippen LogP contribution >= 0.6 is 11.6 Å². The van der Waals surface area contributed by atoms with Crippen molar-refractivity contribution in [2.75, 3.05) is 18.0 Å². The molecule has 2 N–H and O–H groups in total. The molecule has 0 saturated carbocycles. The molecule has 3 heterocycles. The van der Waals surface area contributed by atoms with Crippen LogP contribution in [0.15, 0.2) is 53.5 Å². The lowest BCUT2D eigenvalue weighted by Gasteiger charge is -2.14. The third kappa shape index (κ3) is 3.05. The van der Waals surface area contributed by atoms with E-state index in [1.165, 1.54) is 12.3 Å². The molecule has 0 radical (unpaired) electrons. The average Bonchev–Trinajstić information content (AvgIpc) is 3.36. The van der Waals surface area contributed by atoms with E-state index in [1.54, 1.807) is 29.2 Å². The summed E-state index contributed by atoms with van der Waals surface area (Å²) in [6.45, 7) is 1.09. The van der Waals surface area contributed by atoms with Gasteiger partial charge in [0.05, 0.1) is 10.4 Å². The van der Waals surface area contributed by atoms with Crippen LogP contribution in [0.2, 0.25) is 5.02 Å². The zero-order chi connectivity index (χ0) is 21.7. The number of aromatic nitrogens is 3. The molecule has 1 saturated heterocycles. The van der Waals surface area contributed by atoms with E-state index >= 15 is 0 Å². The molecule has 4 aromatic rings. The van der Waals surface area contributed by atoms with E-state index in [-0.39, 0.29) is 27.7 Å². The first-order chi connectivity index (χ1) is 15.0. The quantitative estimate of drug-likeness (QED) is 0.506. The van der Waals surface area contributed by atoms with Crippen LogP contribution in [0.25, 0.3) is 27.8 Å². The third-order valence-corrected chi connectivity index (χ3v) is 5.42. The minimum Gasteiger partial charge on any atom is -0.336 e. The zero-order valence-corrected chi connectivity index (χ0v) is 16.6. The topological polar surface area (TPSA) is 83.0 Å². The van der Waals surface area contributed by atoms with Crippen molar-refractivity contribution in [3.05, 3.63) is 75.7 Å². The molecule has 0 atom stereocenters. The number of benzene rings is 2. The molecule has 0 unspecified atom stereocenters. The lowest BCUT2D eigenvalue weighted by Crippen LogP contribution is -2.27. The first kappa shape index (κ1) is 19.3. The molecule has 0 bridgehead atoms. The minimum atomic E-state index is -0.845. The first-order valence-corrected chi connectivity index (χ1v) is 9.73. The molecule has 0 spiro atoms.